The Kier molecular flexibility index (Phi) is 15.7. The first-order valence-corrected chi connectivity index (χ1v) is 19.9. The van der Waals surface area contributed by atoms with Crippen molar-refractivity contribution in [2.75, 3.05) is 62.1 Å². The number of rotatable bonds is 22. The number of nitrogens with two attached hydrogens (primary N) is 1. The number of hydrogen-bond donors (Lipinski definition) is 5. The number of piperidine rings is 1. The fourth-order valence-corrected chi connectivity index (χ4v) is 6.40. The normalized spacial score (nSPS) is 13.8. The number of nitrogens with one attached hydrogen (secondary N) is 4. The van der Waals surface area contributed by atoms with Crippen LogP contribution in [0.2, 0.25) is 0 Å². The summed E-state index contributed by atoms with van der Waals surface area (Å²) >= 11 is 0. The molecule has 3 aromatic heterocycles. The summed E-state index contributed by atoms with van der Waals surface area (Å²) in [4.78, 5) is 83.3. The van der Waals surface area contributed by atoms with Crippen LogP contribution in [-0.2, 0) is 35.2 Å². The second-order valence-corrected chi connectivity index (χ2v) is 14.2. The van der Waals surface area contributed by atoms with Crippen LogP contribution in [0.3, 0.4) is 0 Å². The van der Waals surface area contributed by atoms with Gasteiger partial charge in [0.25, 0.3) is 17.7 Å². The van der Waals surface area contributed by atoms with Gasteiger partial charge in [-0.1, -0.05) is 24.3 Å². The van der Waals surface area contributed by atoms with E-state index in [0.717, 1.165) is 16.7 Å². The summed E-state index contributed by atoms with van der Waals surface area (Å²) in [6.07, 6.45) is -0.394. The molecule has 5 aromatic rings. The van der Waals surface area contributed by atoms with Crippen molar-refractivity contribution in [1.82, 2.24) is 30.0 Å². The first-order chi connectivity index (χ1) is 31.2. The SMILES string of the molecule is Cc1cccc(NCCOCCOCCOCc2ccc(-n3cc(NC(=O)c4coc(-c5ccnc(NCC(F)(F)F)c5)n4)c(C(N)=O)n3)cc2)c1C(=O)N(C=O)C1CCC(=O)NC1=O. The van der Waals surface area contributed by atoms with E-state index in [1.54, 1.807) is 49.4 Å². The Labute approximate surface area is 368 Å². The molecule has 1 fully saturated rings. The zero-order valence-corrected chi connectivity index (χ0v) is 34.7. The van der Waals surface area contributed by atoms with Crippen molar-refractivity contribution < 1.29 is 60.6 Å². The van der Waals surface area contributed by atoms with Crippen LogP contribution in [0.4, 0.5) is 30.4 Å². The smallest absolute Gasteiger partial charge is 0.405 e. The van der Waals surface area contributed by atoms with E-state index in [4.69, 9.17) is 24.4 Å². The quantitative estimate of drug-likeness (QED) is 0.0377. The molecule has 342 valence electrons. The number of imide groups is 2. The maximum atomic E-state index is 13.4. The Balaban J connectivity index is 0.895. The van der Waals surface area contributed by atoms with E-state index in [-0.39, 0.29) is 66.0 Å². The molecular weight excluding hydrogens is 862 g/mol. The Bertz CT molecular complexity index is 2510. The van der Waals surface area contributed by atoms with Crippen LogP contribution in [-0.4, -0.2) is 119 Å². The van der Waals surface area contributed by atoms with Gasteiger partial charge in [0.15, 0.2) is 11.4 Å². The van der Waals surface area contributed by atoms with Gasteiger partial charge in [0.1, 0.15) is 24.7 Å². The van der Waals surface area contributed by atoms with Gasteiger partial charge < -0.3 is 40.3 Å². The van der Waals surface area contributed by atoms with Gasteiger partial charge >= 0.3 is 6.18 Å². The van der Waals surface area contributed by atoms with Crippen molar-refractivity contribution in [2.24, 2.45) is 5.73 Å². The number of benzene rings is 2. The lowest BCUT2D eigenvalue weighted by Crippen LogP contribution is -2.54. The van der Waals surface area contributed by atoms with Gasteiger partial charge in [0.2, 0.25) is 24.1 Å². The maximum absolute atomic E-state index is 13.4. The molecule has 6 rings (SSSR count). The average Bonchev–Trinajstić information content (AvgIpc) is 3.95. The second kappa shape index (κ2) is 21.7. The Morgan fingerprint density at radius 1 is 1.00 bits per heavy atom. The zero-order valence-electron chi connectivity index (χ0n) is 34.7. The number of primary amides is 1. The van der Waals surface area contributed by atoms with E-state index in [9.17, 15) is 41.9 Å². The van der Waals surface area contributed by atoms with E-state index in [0.29, 0.717) is 56.3 Å². The van der Waals surface area contributed by atoms with Crippen LogP contribution in [0.25, 0.3) is 17.1 Å². The highest BCUT2D eigenvalue weighted by atomic mass is 19.4. The highest BCUT2D eigenvalue weighted by Gasteiger charge is 2.36. The van der Waals surface area contributed by atoms with E-state index >= 15 is 0 Å². The molecule has 0 aliphatic carbocycles. The number of hydrogen-bond acceptors (Lipinski definition) is 15. The summed E-state index contributed by atoms with van der Waals surface area (Å²) in [5.74, 6) is -3.63. The Hall–Kier alpha value is -7.50. The number of alkyl halides is 3. The fourth-order valence-electron chi connectivity index (χ4n) is 6.40. The molecule has 23 heteroatoms. The highest BCUT2D eigenvalue weighted by molar-refractivity contribution is 6.10. The lowest BCUT2D eigenvalue weighted by Gasteiger charge is -2.29. The molecule has 2 aromatic carbocycles. The fraction of sp³-hybridized carbons (Fsp3) is 0.310. The van der Waals surface area contributed by atoms with Gasteiger partial charge in [-0.15, -0.1) is 0 Å². The van der Waals surface area contributed by atoms with Crippen molar-refractivity contribution in [2.45, 2.75) is 38.6 Å². The lowest BCUT2D eigenvalue weighted by molar-refractivity contribution is -0.139. The Morgan fingerprint density at radius 3 is 2.45 bits per heavy atom. The molecule has 65 heavy (non-hydrogen) atoms. The highest BCUT2D eigenvalue weighted by Crippen LogP contribution is 2.26. The zero-order chi connectivity index (χ0) is 46.5. The molecule has 1 aliphatic heterocycles. The monoisotopic (exact) mass is 904 g/mol. The number of halogens is 3. The number of oxazole rings is 1. The van der Waals surface area contributed by atoms with Crippen LogP contribution in [0.5, 0.6) is 0 Å². The standard InChI is InChI=1S/C42H43F3N10O10/c1-25-3-2-4-29(35(25)41(61)54(24-56)32-9-10-34(57)52-39(32)60)47-13-14-62-15-16-63-17-18-64-21-26-5-7-28(8-6-26)55-20-30(36(53-55)37(46)58)50-38(59)31-22-65-40(51-31)27-11-12-48-33(19-27)49-23-42(43,44)45/h2-8,11-12,19-20,22,24,32,47H,9-10,13-18,21,23H2,1H3,(H2,46,58)(H,48,49)(H,50,59)(H,52,57,60). The number of ether oxygens (including phenoxy) is 3. The van der Waals surface area contributed by atoms with E-state index in [2.05, 4.69) is 36.3 Å². The molecule has 4 heterocycles. The summed E-state index contributed by atoms with van der Waals surface area (Å²) in [5, 5.41) is 14.2. The number of nitrogens with zero attached hydrogens (tertiary/aromatic N) is 5. The third-order valence-corrected chi connectivity index (χ3v) is 9.57. The first kappa shape index (κ1) is 47.0. The number of aromatic nitrogens is 4. The van der Waals surface area contributed by atoms with E-state index in [1.165, 1.54) is 29.2 Å². The van der Waals surface area contributed by atoms with Gasteiger partial charge in [-0.05, 0) is 54.8 Å². The molecule has 0 saturated carbocycles. The molecule has 6 N–H and O–H groups in total. The van der Waals surface area contributed by atoms with Gasteiger partial charge in [-0.3, -0.25) is 39.0 Å². The van der Waals surface area contributed by atoms with Crippen molar-refractivity contribution in [3.05, 3.63) is 101 Å². The molecule has 1 aliphatic rings. The van der Waals surface area contributed by atoms with Crippen LogP contribution < -0.4 is 27.0 Å². The predicted octanol–water partition coefficient (Wildman–Crippen LogP) is 3.62. The number of anilines is 3. The summed E-state index contributed by atoms with van der Waals surface area (Å²) in [6.45, 7) is 2.48. The molecule has 1 saturated heterocycles. The van der Waals surface area contributed by atoms with Crippen LogP contribution in [0, 0.1) is 6.92 Å². The summed E-state index contributed by atoms with van der Waals surface area (Å²) in [7, 11) is 0. The van der Waals surface area contributed by atoms with Crippen LogP contribution >= 0.6 is 0 Å². The average molecular weight is 905 g/mol. The molecule has 6 amide bonds. The van der Waals surface area contributed by atoms with Gasteiger partial charge in [0, 0.05) is 30.4 Å². The van der Waals surface area contributed by atoms with Crippen molar-refractivity contribution >= 4 is 53.1 Å². The minimum Gasteiger partial charge on any atom is -0.444 e. The van der Waals surface area contributed by atoms with Crippen molar-refractivity contribution in [1.29, 1.82) is 0 Å². The lowest BCUT2D eigenvalue weighted by atomic mass is 10.0. The minimum atomic E-state index is -4.46. The molecule has 1 unspecified atom stereocenters. The number of carbonyl (C=O) groups excluding carboxylic acids is 6. The van der Waals surface area contributed by atoms with E-state index < -0.39 is 48.3 Å². The van der Waals surface area contributed by atoms with Crippen molar-refractivity contribution in [3.63, 3.8) is 0 Å². The second-order valence-electron chi connectivity index (χ2n) is 14.2. The van der Waals surface area contributed by atoms with E-state index in [1.807, 2.05) is 0 Å². The number of carbonyl (C=O) groups is 6. The Morgan fingerprint density at radius 2 is 1.74 bits per heavy atom. The summed E-state index contributed by atoms with van der Waals surface area (Å²) in [6, 6.07) is 13.8. The maximum Gasteiger partial charge on any atom is 0.405 e. The number of amides is 6. The van der Waals surface area contributed by atoms with Gasteiger partial charge in [-0.2, -0.15) is 18.3 Å². The summed E-state index contributed by atoms with van der Waals surface area (Å²) < 4.78 is 61.5. The van der Waals surface area contributed by atoms with Crippen LogP contribution in [0.1, 0.15) is 55.3 Å². The molecule has 0 spiro atoms. The van der Waals surface area contributed by atoms with Gasteiger partial charge in [0.05, 0.1) is 62.8 Å². The predicted molar refractivity (Wildman–Crippen MR) is 224 cm³/mol. The largest absolute Gasteiger partial charge is 0.444 e. The number of pyridine rings is 1. The number of aryl methyl sites for hydroxylation is 1. The molecule has 1 atom stereocenters. The first-order valence-electron chi connectivity index (χ1n) is 19.9. The topological polar surface area (TPSA) is 264 Å². The summed E-state index contributed by atoms with van der Waals surface area (Å²) in [5.41, 5.74) is 8.02. The van der Waals surface area contributed by atoms with Crippen molar-refractivity contribution in [3.8, 4) is 17.1 Å². The molecule has 0 radical (unpaired) electrons. The molecule has 20 nitrogen and oxygen atoms in total. The van der Waals surface area contributed by atoms with Gasteiger partial charge in [-0.25, -0.2) is 14.6 Å². The third kappa shape index (κ3) is 12.8. The molecular formula is C42H43F3N10O10. The minimum absolute atomic E-state index is 0.00775. The van der Waals surface area contributed by atoms with Crippen LogP contribution in [0.15, 0.2) is 77.7 Å². The molecule has 0 bridgehead atoms. The third-order valence-electron chi connectivity index (χ3n) is 9.57.